The summed E-state index contributed by atoms with van der Waals surface area (Å²) in [4.78, 5) is 13.8. The molecule has 26 heavy (non-hydrogen) atoms. The molecule has 0 radical (unpaired) electrons. The highest BCUT2D eigenvalue weighted by molar-refractivity contribution is 6.31. The van der Waals surface area contributed by atoms with E-state index in [-0.39, 0.29) is 23.7 Å². The molecule has 1 atom stereocenters. The van der Waals surface area contributed by atoms with E-state index in [1.165, 1.54) is 11.0 Å². The molecule has 138 valence electrons. The van der Waals surface area contributed by atoms with Gasteiger partial charge in [0, 0.05) is 18.8 Å². The average molecular weight is 376 g/mol. The Bertz CT molecular complexity index is 725. The minimum Gasteiger partial charge on any atom is -0.349 e. The standard InChI is InChI=1S/C21H24ClFN2O/c1-15(16-6-3-2-4-7-16)24-21(26)17-10-12-25(13-11-17)14-18-19(22)8-5-9-20(18)23/h2-9,15,17H,10-14H2,1H3,(H,24,26)/p+1/t15-/m1/s1. The van der Waals surface area contributed by atoms with Crippen LogP contribution >= 0.6 is 11.6 Å². The predicted molar refractivity (Wildman–Crippen MR) is 102 cm³/mol. The van der Waals surface area contributed by atoms with Crippen molar-refractivity contribution in [2.45, 2.75) is 32.4 Å². The number of hydrogen-bond acceptors (Lipinski definition) is 1. The van der Waals surface area contributed by atoms with Gasteiger partial charge in [-0.05, 0) is 24.6 Å². The van der Waals surface area contributed by atoms with Gasteiger partial charge in [-0.2, -0.15) is 0 Å². The molecule has 0 unspecified atom stereocenters. The van der Waals surface area contributed by atoms with Gasteiger partial charge in [0.05, 0.1) is 29.7 Å². The van der Waals surface area contributed by atoms with Gasteiger partial charge in [0.25, 0.3) is 0 Å². The largest absolute Gasteiger partial charge is 0.349 e. The van der Waals surface area contributed by atoms with Crippen LogP contribution < -0.4 is 10.2 Å². The second kappa shape index (κ2) is 8.65. The van der Waals surface area contributed by atoms with Crippen LogP contribution in [0.5, 0.6) is 0 Å². The fraction of sp³-hybridized carbons (Fsp3) is 0.381. The second-order valence-electron chi connectivity index (χ2n) is 7.04. The summed E-state index contributed by atoms with van der Waals surface area (Å²) in [6.07, 6.45) is 1.63. The zero-order valence-electron chi connectivity index (χ0n) is 15.0. The Balaban J connectivity index is 1.51. The number of carbonyl (C=O) groups excluding carboxylic acids is 1. The summed E-state index contributed by atoms with van der Waals surface area (Å²) in [7, 11) is 0. The van der Waals surface area contributed by atoms with Crippen molar-refractivity contribution in [2.75, 3.05) is 13.1 Å². The number of piperidine rings is 1. The van der Waals surface area contributed by atoms with E-state index in [2.05, 4.69) is 5.32 Å². The highest BCUT2D eigenvalue weighted by Crippen LogP contribution is 2.19. The maximum atomic E-state index is 14.0. The van der Waals surface area contributed by atoms with E-state index in [1.54, 1.807) is 12.1 Å². The number of carbonyl (C=O) groups is 1. The highest BCUT2D eigenvalue weighted by atomic mass is 35.5. The van der Waals surface area contributed by atoms with Crippen LogP contribution in [-0.4, -0.2) is 19.0 Å². The van der Waals surface area contributed by atoms with Gasteiger partial charge in [-0.1, -0.05) is 48.0 Å². The molecule has 0 bridgehead atoms. The number of likely N-dealkylation sites (tertiary alicyclic amines) is 1. The molecule has 3 nitrogen and oxygen atoms in total. The monoisotopic (exact) mass is 375 g/mol. The first kappa shape index (κ1) is 18.9. The number of amides is 1. The van der Waals surface area contributed by atoms with E-state index in [9.17, 15) is 9.18 Å². The summed E-state index contributed by atoms with van der Waals surface area (Å²) < 4.78 is 14.0. The Morgan fingerprint density at radius 2 is 1.88 bits per heavy atom. The first-order valence-corrected chi connectivity index (χ1v) is 9.54. The maximum absolute atomic E-state index is 14.0. The van der Waals surface area contributed by atoms with Crippen molar-refractivity contribution in [2.24, 2.45) is 5.92 Å². The molecule has 3 rings (SSSR count). The van der Waals surface area contributed by atoms with Crippen LogP contribution in [-0.2, 0) is 11.3 Å². The summed E-state index contributed by atoms with van der Waals surface area (Å²) >= 11 is 6.13. The molecule has 0 spiro atoms. The van der Waals surface area contributed by atoms with Gasteiger partial charge in [-0.25, -0.2) is 4.39 Å². The number of rotatable bonds is 5. The normalized spacial score (nSPS) is 21.2. The van der Waals surface area contributed by atoms with E-state index in [1.807, 2.05) is 37.3 Å². The minimum absolute atomic E-state index is 0.00583. The van der Waals surface area contributed by atoms with Crippen LogP contribution in [0.1, 0.15) is 36.9 Å². The summed E-state index contributed by atoms with van der Waals surface area (Å²) in [6, 6.07) is 14.8. The molecular formula is C21H25ClFN2O+. The molecule has 0 saturated carbocycles. The van der Waals surface area contributed by atoms with Crippen molar-refractivity contribution in [1.82, 2.24) is 5.32 Å². The van der Waals surface area contributed by atoms with E-state index in [4.69, 9.17) is 11.6 Å². The van der Waals surface area contributed by atoms with E-state index >= 15 is 0 Å². The highest BCUT2D eigenvalue weighted by Gasteiger charge is 2.29. The van der Waals surface area contributed by atoms with Crippen molar-refractivity contribution in [3.8, 4) is 0 Å². The Kier molecular flexibility index (Phi) is 6.28. The lowest BCUT2D eigenvalue weighted by molar-refractivity contribution is -0.919. The van der Waals surface area contributed by atoms with Gasteiger partial charge >= 0.3 is 0 Å². The smallest absolute Gasteiger partial charge is 0.224 e. The SMILES string of the molecule is C[C@@H](NC(=O)C1CC[NH+](Cc2c(F)cccc2Cl)CC1)c1ccccc1. The van der Waals surface area contributed by atoms with Gasteiger partial charge in [0.15, 0.2) is 0 Å². The summed E-state index contributed by atoms with van der Waals surface area (Å²) in [6.45, 7) is 4.28. The first-order valence-electron chi connectivity index (χ1n) is 9.16. The van der Waals surface area contributed by atoms with Crippen LogP contribution in [0, 0.1) is 11.7 Å². The maximum Gasteiger partial charge on any atom is 0.224 e. The molecule has 2 N–H and O–H groups in total. The Hall–Kier alpha value is -1.91. The van der Waals surface area contributed by atoms with Gasteiger partial charge in [-0.15, -0.1) is 0 Å². The number of halogens is 2. The van der Waals surface area contributed by atoms with E-state index in [0.717, 1.165) is 31.5 Å². The Labute approximate surface area is 159 Å². The summed E-state index contributed by atoms with van der Waals surface area (Å²) in [5.74, 6) is -0.105. The molecule has 0 aliphatic carbocycles. The van der Waals surface area contributed by atoms with Gasteiger partial charge in [0.2, 0.25) is 5.91 Å². The van der Waals surface area contributed by atoms with Crippen molar-refractivity contribution in [3.63, 3.8) is 0 Å². The quantitative estimate of drug-likeness (QED) is 0.827. The number of benzene rings is 2. The van der Waals surface area contributed by atoms with Gasteiger partial charge < -0.3 is 10.2 Å². The summed E-state index contributed by atoms with van der Waals surface area (Å²) in [5.41, 5.74) is 1.68. The number of nitrogens with one attached hydrogen (secondary N) is 2. The third-order valence-corrected chi connectivity index (χ3v) is 5.56. The topological polar surface area (TPSA) is 33.5 Å². The zero-order valence-corrected chi connectivity index (χ0v) is 15.7. The van der Waals surface area contributed by atoms with Crippen molar-refractivity contribution >= 4 is 17.5 Å². The second-order valence-corrected chi connectivity index (χ2v) is 7.45. The molecule has 0 aromatic heterocycles. The lowest BCUT2D eigenvalue weighted by Gasteiger charge is -2.29. The van der Waals surface area contributed by atoms with Crippen LogP contribution in [0.3, 0.4) is 0 Å². The fourth-order valence-corrected chi connectivity index (χ4v) is 3.80. The van der Waals surface area contributed by atoms with Gasteiger partial charge in [0.1, 0.15) is 12.4 Å². The van der Waals surface area contributed by atoms with E-state index in [0.29, 0.717) is 17.1 Å². The lowest BCUT2D eigenvalue weighted by atomic mass is 9.95. The van der Waals surface area contributed by atoms with Crippen molar-refractivity contribution in [1.29, 1.82) is 0 Å². The molecule has 5 heteroatoms. The third-order valence-electron chi connectivity index (χ3n) is 5.21. The zero-order chi connectivity index (χ0) is 18.5. The van der Waals surface area contributed by atoms with Crippen LogP contribution in [0.4, 0.5) is 4.39 Å². The predicted octanol–water partition coefficient (Wildman–Crippen LogP) is 3.15. The number of hydrogen-bond donors (Lipinski definition) is 2. The van der Waals surface area contributed by atoms with Crippen LogP contribution in [0.25, 0.3) is 0 Å². The third kappa shape index (κ3) is 4.63. The Morgan fingerprint density at radius 1 is 1.19 bits per heavy atom. The fourth-order valence-electron chi connectivity index (χ4n) is 3.57. The molecule has 1 saturated heterocycles. The molecule has 1 fully saturated rings. The lowest BCUT2D eigenvalue weighted by Crippen LogP contribution is -3.11. The molecule has 1 heterocycles. The van der Waals surface area contributed by atoms with Gasteiger partial charge in [-0.3, -0.25) is 4.79 Å². The van der Waals surface area contributed by atoms with Crippen molar-refractivity contribution < 1.29 is 14.1 Å². The van der Waals surface area contributed by atoms with Crippen LogP contribution in [0.2, 0.25) is 5.02 Å². The van der Waals surface area contributed by atoms with Crippen LogP contribution in [0.15, 0.2) is 48.5 Å². The molecule has 1 amide bonds. The molecule has 1 aliphatic heterocycles. The van der Waals surface area contributed by atoms with E-state index < -0.39 is 0 Å². The first-order chi connectivity index (χ1) is 12.5. The molecular weight excluding hydrogens is 351 g/mol. The average Bonchev–Trinajstić information content (AvgIpc) is 2.66. The molecule has 1 aliphatic rings. The number of quaternary nitrogens is 1. The Morgan fingerprint density at radius 3 is 2.54 bits per heavy atom. The van der Waals surface area contributed by atoms with Crippen molar-refractivity contribution in [3.05, 3.63) is 70.5 Å². The molecule has 2 aromatic rings. The minimum atomic E-state index is -0.249. The molecule has 2 aromatic carbocycles. The summed E-state index contributed by atoms with van der Waals surface area (Å²) in [5, 5.41) is 3.60.